The monoisotopic (exact) mass is 362 g/mol. The maximum absolute atomic E-state index is 12.0. The molecule has 0 fully saturated rings. The first-order valence-corrected chi connectivity index (χ1v) is 7.64. The van der Waals surface area contributed by atoms with Crippen LogP contribution in [-0.4, -0.2) is 23.4 Å². The predicted molar refractivity (Wildman–Crippen MR) is 92.9 cm³/mol. The SMILES string of the molecule is Cc1ccc(NC(=O)COC(=O)c2cc([N+](=O)[O-])ccc2Cl)c(C)c1. The highest BCUT2D eigenvalue weighted by Crippen LogP contribution is 2.23. The minimum Gasteiger partial charge on any atom is -0.452 e. The zero-order chi connectivity index (χ0) is 18.6. The average Bonchev–Trinajstić information content (AvgIpc) is 2.55. The molecule has 2 aromatic carbocycles. The fourth-order valence-electron chi connectivity index (χ4n) is 2.13. The fraction of sp³-hybridized carbons (Fsp3) is 0.176. The highest BCUT2D eigenvalue weighted by atomic mass is 35.5. The van der Waals surface area contributed by atoms with Crippen LogP contribution in [0.4, 0.5) is 11.4 Å². The van der Waals surface area contributed by atoms with Crippen LogP contribution in [-0.2, 0) is 9.53 Å². The number of halogens is 1. The zero-order valence-corrected chi connectivity index (χ0v) is 14.3. The van der Waals surface area contributed by atoms with Crippen molar-refractivity contribution < 1.29 is 19.2 Å². The van der Waals surface area contributed by atoms with Gasteiger partial charge in [-0.05, 0) is 31.5 Å². The lowest BCUT2D eigenvalue weighted by Crippen LogP contribution is -2.21. The van der Waals surface area contributed by atoms with E-state index in [0.717, 1.165) is 17.2 Å². The number of hydrogen-bond acceptors (Lipinski definition) is 5. The van der Waals surface area contributed by atoms with Gasteiger partial charge < -0.3 is 10.1 Å². The van der Waals surface area contributed by atoms with Crippen LogP contribution < -0.4 is 5.32 Å². The van der Waals surface area contributed by atoms with Crippen molar-refractivity contribution in [1.82, 2.24) is 0 Å². The molecule has 130 valence electrons. The first kappa shape index (κ1) is 18.4. The van der Waals surface area contributed by atoms with Crippen LogP contribution in [0.25, 0.3) is 0 Å². The highest BCUT2D eigenvalue weighted by Gasteiger charge is 2.18. The number of rotatable bonds is 5. The molecule has 25 heavy (non-hydrogen) atoms. The number of non-ortho nitro benzene ring substituents is 1. The molecular weight excluding hydrogens is 348 g/mol. The third-order valence-corrected chi connectivity index (χ3v) is 3.70. The quantitative estimate of drug-likeness (QED) is 0.497. The first-order valence-electron chi connectivity index (χ1n) is 7.26. The Kier molecular flexibility index (Phi) is 5.71. The number of amides is 1. The van der Waals surface area contributed by atoms with Gasteiger partial charge in [0.25, 0.3) is 11.6 Å². The molecule has 8 heteroatoms. The molecule has 0 saturated heterocycles. The maximum atomic E-state index is 12.0. The van der Waals surface area contributed by atoms with Crippen LogP contribution in [0.15, 0.2) is 36.4 Å². The standard InChI is InChI=1S/C17H15ClN2O5/c1-10-3-6-15(11(2)7-10)19-16(21)9-25-17(22)13-8-12(20(23)24)4-5-14(13)18/h3-8H,9H2,1-2H3,(H,19,21). The smallest absolute Gasteiger partial charge is 0.340 e. The summed E-state index contributed by atoms with van der Waals surface area (Å²) in [6.45, 7) is 3.24. The van der Waals surface area contributed by atoms with E-state index in [1.54, 1.807) is 6.07 Å². The zero-order valence-electron chi connectivity index (χ0n) is 13.5. The fourth-order valence-corrected chi connectivity index (χ4v) is 2.33. The second kappa shape index (κ2) is 7.76. The summed E-state index contributed by atoms with van der Waals surface area (Å²) < 4.78 is 4.88. The topological polar surface area (TPSA) is 98.5 Å². The van der Waals surface area contributed by atoms with Gasteiger partial charge >= 0.3 is 5.97 Å². The van der Waals surface area contributed by atoms with Gasteiger partial charge in [-0.1, -0.05) is 29.3 Å². The predicted octanol–water partition coefficient (Wildman–Crippen LogP) is 3.66. The molecule has 2 rings (SSSR count). The molecule has 0 saturated carbocycles. The van der Waals surface area contributed by atoms with Gasteiger partial charge in [0.15, 0.2) is 6.61 Å². The van der Waals surface area contributed by atoms with E-state index < -0.39 is 23.4 Å². The summed E-state index contributed by atoms with van der Waals surface area (Å²) in [7, 11) is 0. The van der Waals surface area contributed by atoms with Crippen LogP contribution >= 0.6 is 11.6 Å². The number of nitrogens with zero attached hydrogens (tertiary/aromatic N) is 1. The highest BCUT2D eigenvalue weighted by molar-refractivity contribution is 6.33. The summed E-state index contributed by atoms with van der Waals surface area (Å²) in [6, 6.07) is 8.91. The number of nitrogens with one attached hydrogen (secondary N) is 1. The van der Waals surface area contributed by atoms with Gasteiger partial charge in [-0.25, -0.2) is 4.79 Å². The van der Waals surface area contributed by atoms with Gasteiger partial charge in [0.05, 0.1) is 15.5 Å². The average molecular weight is 363 g/mol. The Morgan fingerprint density at radius 2 is 1.92 bits per heavy atom. The lowest BCUT2D eigenvalue weighted by Gasteiger charge is -2.10. The van der Waals surface area contributed by atoms with Gasteiger partial charge in [-0.3, -0.25) is 14.9 Å². The Bertz CT molecular complexity index is 851. The molecule has 0 aromatic heterocycles. The molecule has 0 aliphatic rings. The largest absolute Gasteiger partial charge is 0.452 e. The van der Waals surface area contributed by atoms with Crippen LogP contribution in [0.1, 0.15) is 21.5 Å². The number of carbonyl (C=O) groups excluding carboxylic acids is 2. The molecule has 7 nitrogen and oxygen atoms in total. The van der Waals surface area contributed by atoms with Crippen molar-refractivity contribution in [1.29, 1.82) is 0 Å². The van der Waals surface area contributed by atoms with E-state index in [4.69, 9.17) is 16.3 Å². The number of esters is 1. The minimum absolute atomic E-state index is 0.00499. The summed E-state index contributed by atoms with van der Waals surface area (Å²) >= 11 is 5.85. The van der Waals surface area contributed by atoms with Gasteiger partial charge in [0, 0.05) is 17.8 Å². The Balaban J connectivity index is 2.01. The van der Waals surface area contributed by atoms with Gasteiger partial charge in [0.2, 0.25) is 0 Å². The van der Waals surface area contributed by atoms with E-state index in [1.807, 2.05) is 26.0 Å². The number of anilines is 1. The molecule has 0 radical (unpaired) electrons. The second-order valence-electron chi connectivity index (χ2n) is 5.36. The number of ether oxygens (including phenoxy) is 1. The normalized spacial score (nSPS) is 10.2. The van der Waals surface area contributed by atoms with Crippen LogP contribution in [0.3, 0.4) is 0 Å². The number of nitro benzene ring substituents is 1. The Morgan fingerprint density at radius 3 is 2.56 bits per heavy atom. The van der Waals surface area contributed by atoms with E-state index in [0.29, 0.717) is 5.69 Å². The van der Waals surface area contributed by atoms with E-state index in [1.165, 1.54) is 12.1 Å². The number of carbonyl (C=O) groups is 2. The molecule has 0 aliphatic heterocycles. The summed E-state index contributed by atoms with van der Waals surface area (Å²) in [4.78, 5) is 34.0. The molecule has 1 N–H and O–H groups in total. The lowest BCUT2D eigenvalue weighted by molar-refractivity contribution is -0.384. The molecule has 0 heterocycles. The molecular formula is C17H15ClN2O5. The molecule has 0 atom stereocenters. The Labute approximate surface area is 148 Å². The molecule has 2 aromatic rings. The van der Waals surface area contributed by atoms with Crippen molar-refractivity contribution in [2.75, 3.05) is 11.9 Å². The summed E-state index contributed by atoms with van der Waals surface area (Å²) in [5, 5.41) is 13.4. The number of aryl methyl sites for hydroxylation is 2. The Morgan fingerprint density at radius 1 is 1.20 bits per heavy atom. The third kappa shape index (κ3) is 4.77. The van der Waals surface area contributed by atoms with Crippen molar-refractivity contribution in [3.8, 4) is 0 Å². The molecule has 1 amide bonds. The number of hydrogen-bond donors (Lipinski definition) is 1. The van der Waals surface area contributed by atoms with E-state index in [2.05, 4.69) is 5.32 Å². The lowest BCUT2D eigenvalue weighted by atomic mass is 10.1. The van der Waals surface area contributed by atoms with Crippen LogP contribution in [0.5, 0.6) is 0 Å². The molecule has 0 bridgehead atoms. The minimum atomic E-state index is -0.913. The molecule has 0 aliphatic carbocycles. The summed E-state index contributed by atoms with van der Waals surface area (Å²) in [5.41, 5.74) is 2.08. The van der Waals surface area contributed by atoms with Crippen LogP contribution in [0.2, 0.25) is 5.02 Å². The number of benzene rings is 2. The van der Waals surface area contributed by atoms with E-state index >= 15 is 0 Å². The second-order valence-corrected chi connectivity index (χ2v) is 5.77. The van der Waals surface area contributed by atoms with Crippen molar-refractivity contribution in [2.45, 2.75) is 13.8 Å². The van der Waals surface area contributed by atoms with E-state index in [-0.39, 0.29) is 16.3 Å². The number of nitro groups is 1. The first-order chi connectivity index (χ1) is 11.8. The Hall–Kier alpha value is -2.93. The van der Waals surface area contributed by atoms with Gasteiger partial charge in [0.1, 0.15) is 0 Å². The van der Waals surface area contributed by atoms with Crippen molar-refractivity contribution in [2.24, 2.45) is 0 Å². The van der Waals surface area contributed by atoms with Gasteiger partial charge in [-0.2, -0.15) is 0 Å². The summed E-state index contributed by atoms with van der Waals surface area (Å²) in [5.74, 6) is -1.44. The maximum Gasteiger partial charge on any atom is 0.340 e. The van der Waals surface area contributed by atoms with Crippen LogP contribution in [0, 0.1) is 24.0 Å². The third-order valence-electron chi connectivity index (χ3n) is 3.37. The molecule has 0 spiro atoms. The van der Waals surface area contributed by atoms with Crippen molar-refractivity contribution >= 4 is 34.9 Å². The van der Waals surface area contributed by atoms with Crippen molar-refractivity contribution in [3.63, 3.8) is 0 Å². The van der Waals surface area contributed by atoms with Crippen molar-refractivity contribution in [3.05, 3.63) is 68.2 Å². The summed E-state index contributed by atoms with van der Waals surface area (Å²) in [6.07, 6.45) is 0. The van der Waals surface area contributed by atoms with Gasteiger partial charge in [-0.15, -0.1) is 0 Å². The molecule has 0 unspecified atom stereocenters. The van der Waals surface area contributed by atoms with E-state index in [9.17, 15) is 19.7 Å².